The Kier molecular flexibility index (Phi) is 6.66. The van der Waals surface area contributed by atoms with Gasteiger partial charge in [-0.1, -0.05) is 17.8 Å². The average molecular weight is 502 g/mol. The number of amides is 1. The van der Waals surface area contributed by atoms with E-state index in [-0.39, 0.29) is 34.6 Å². The summed E-state index contributed by atoms with van der Waals surface area (Å²) in [7, 11) is -3.70. The van der Waals surface area contributed by atoms with E-state index >= 15 is 0 Å². The van der Waals surface area contributed by atoms with Crippen LogP contribution in [0.5, 0.6) is 0 Å². The summed E-state index contributed by atoms with van der Waals surface area (Å²) in [6.45, 7) is 1.19. The van der Waals surface area contributed by atoms with Crippen LogP contribution in [-0.2, 0) is 25.7 Å². The molecule has 4 rings (SSSR count). The number of thioether (sulfide) groups is 1. The van der Waals surface area contributed by atoms with Crippen LogP contribution in [0.25, 0.3) is 11.1 Å². The second kappa shape index (κ2) is 9.33. The maximum atomic E-state index is 12.8. The number of morpholine rings is 1. The third-order valence-corrected chi connectivity index (χ3v) is 7.47. The van der Waals surface area contributed by atoms with Crippen molar-refractivity contribution in [2.45, 2.75) is 16.3 Å². The van der Waals surface area contributed by atoms with Crippen LogP contribution in [0, 0.1) is 0 Å². The van der Waals surface area contributed by atoms with Crippen LogP contribution in [0.2, 0.25) is 0 Å². The van der Waals surface area contributed by atoms with Crippen LogP contribution >= 0.6 is 11.8 Å². The topological polar surface area (TPSA) is 102 Å². The molecule has 176 valence electrons. The van der Waals surface area contributed by atoms with E-state index in [1.807, 2.05) is 0 Å². The van der Waals surface area contributed by atoms with Gasteiger partial charge in [0, 0.05) is 18.8 Å². The molecule has 0 saturated carbocycles. The minimum atomic E-state index is -4.51. The number of halogens is 3. The third-order valence-electron chi connectivity index (χ3n) is 4.75. The van der Waals surface area contributed by atoms with Crippen LogP contribution in [0.1, 0.15) is 5.56 Å². The third kappa shape index (κ3) is 5.49. The molecule has 0 bridgehead atoms. The van der Waals surface area contributed by atoms with Crippen molar-refractivity contribution in [2.24, 2.45) is 0 Å². The number of ether oxygens (including phenoxy) is 1. The summed E-state index contributed by atoms with van der Waals surface area (Å²) in [6.07, 6.45) is -4.51. The van der Waals surface area contributed by atoms with Gasteiger partial charge in [-0.15, -0.1) is 0 Å². The van der Waals surface area contributed by atoms with Gasteiger partial charge in [-0.3, -0.25) is 4.79 Å². The Labute approximate surface area is 191 Å². The molecule has 1 fully saturated rings. The number of rotatable bonds is 6. The number of anilines is 1. The second-order valence-corrected chi connectivity index (χ2v) is 9.91. The first-order valence-corrected chi connectivity index (χ1v) is 12.1. The number of carbonyl (C=O) groups excluding carboxylic acids is 1. The number of hydrogen-bond acceptors (Lipinski definition) is 7. The van der Waals surface area contributed by atoms with E-state index in [0.717, 1.165) is 23.9 Å². The Hall–Kier alpha value is -2.61. The standard InChI is InChI=1S/C20H18F3N3O5S2/c21-20(22,23)13-2-1-3-14(10-13)24-18(27)12-32-19-25-16-11-15(4-5-17(16)31-19)33(28,29)26-6-8-30-9-7-26/h1-5,10-11H,6-9,12H2,(H,24,27). The van der Waals surface area contributed by atoms with Crippen LogP contribution in [0.3, 0.4) is 0 Å². The molecule has 0 atom stereocenters. The fraction of sp³-hybridized carbons (Fsp3) is 0.300. The van der Waals surface area contributed by atoms with Crippen molar-refractivity contribution in [1.82, 2.24) is 9.29 Å². The molecule has 13 heteroatoms. The Morgan fingerprint density at radius 1 is 1.15 bits per heavy atom. The molecule has 0 aliphatic carbocycles. The largest absolute Gasteiger partial charge is 0.431 e. The Morgan fingerprint density at radius 2 is 1.91 bits per heavy atom. The summed E-state index contributed by atoms with van der Waals surface area (Å²) < 4.78 is 76.1. The van der Waals surface area contributed by atoms with Crippen molar-refractivity contribution in [3.05, 3.63) is 48.0 Å². The lowest BCUT2D eigenvalue weighted by atomic mass is 10.2. The summed E-state index contributed by atoms with van der Waals surface area (Å²) in [5.41, 5.74) is -0.192. The zero-order valence-corrected chi connectivity index (χ0v) is 18.6. The molecule has 2 aromatic carbocycles. The normalized spacial score (nSPS) is 15.6. The van der Waals surface area contributed by atoms with Crippen molar-refractivity contribution in [1.29, 1.82) is 0 Å². The second-order valence-electron chi connectivity index (χ2n) is 7.04. The predicted molar refractivity (Wildman–Crippen MR) is 114 cm³/mol. The minimum Gasteiger partial charge on any atom is -0.431 e. The van der Waals surface area contributed by atoms with Gasteiger partial charge >= 0.3 is 6.18 Å². The summed E-state index contributed by atoms with van der Waals surface area (Å²) >= 11 is 0.936. The summed E-state index contributed by atoms with van der Waals surface area (Å²) in [5, 5.41) is 2.53. The predicted octanol–water partition coefficient (Wildman–Crippen LogP) is 3.60. The molecule has 1 amide bonds. The highest BCUT2D eigenvalue weighted by Crippen LogP contribution is 2.31. The summed E-state index contributed by atoms with van der Waals surface area (Å²) in [4.78, 5) is 16.4. The molecule has 1 saturated heterocycles. The van der Waals surface area contributed by atoms with Crippen LogP contribution in [0.4, 0.5) is 18.9 Å². The van der Waals surface area contributed by atoms with E-state index in [9.17, 15) is 26.4 Å². The van der Waals surface area contributed by atoms with E-state index in [0.29, 0.717) is 24.3 Å². The number of aromatic nitrogens is 1. The zero-order valence-electron chi connectivity index (χ0n) is 17.0. The Bertz CT molecular complexity index is 1270. The Balaban J connectivity index is 1.42. The highest BCUT2D eigenvalue weighted by Gasteiger charge is 2.30. The summed E-state index contributed by atoms with van der Waals surface area (Å²) in [6, 6.07) is 8.63. The summed E-state index contributed by atoms with van der Waals surface area (Å²) in [5.74, 6) is -0.709. The van der Waals surface area contributed by atoms with Gasteiger partial charge in [0.15, 0.2) is 5.58 Å². The molecule has 8 nitrogen and oxygen atoms in total. The van der Waals surface area contributed by atoms with Crippen molar-refractivity contribution in [3.8, 4) is 0 Å². The average Bonchev–Trinajstić information content (AvgIpc) is 3.20. The lowest BCUT2D eigenvalue weighted by Gasteiger charge is -2.25. The van der Waals surface area contributed by atoms with E-state index in [1.165, 1.54) is 34.6 Å². The molecule has 0 unspecified atom stereocenters. The number of nitrogens with zero attached hydrogens (tertiary/aromatic N) is 2. The van der Waals surface area contributed by atoms with Crippen molar-refractivity contribution in [3.63, 3.8) is 0 Å². The number of benzene rings is 2. The molecule has 1 aromatic heterocycles. The zero-order chi connectivity index (χ0) is 23.6. The van der Waals surface area contributed by atoms with Gasteiger partial charge in [-0.2, -0.15) is 17.5 Å². The molecule has 0 radical (unpaired) electrons. The van der Waals surface area contributed by atoms with Gasteiger partial charge in [0.25, 0.3) is 5.22 Å². The smallest absolute Gasteiger partial charge is 0.416 e. The number of sulfonamides is 1. The number of carbonyl (C=O) groups is 1. The lowest BCUT2D eigenvalue weighted by molar-refractivity contribution is -0.137. The van der Waals surface area contributed by atoms with E-state index in [4.69, 9.17) is 9.15 Å². The molecule has 3 aromatic rings. The van der Waals surface area contributed by atoms with E-state index in [2.05, 4.69) is 10.3 Å². The monoisotopic (exact) mass is 501 g/mol. The highest BCUT2D eigenvalue weighted by atomic mass is 32.2. The molecule has 1 aliphatic heterocycles. The maximum Gasteiger partial charge on any atom is 0.416 e. The maximum absolute atomic E-state index is 12.8. The van der Waals surface area contributed by atoms with Crippen LogP contribution in [-0.4, -0.2) is 55.7 Å². The number of oxazole rings is 1. The molecule has 2 heterocycles. The Morgan fingerprint density at radius 3 is 2.64 bits per heavy atom. The van der Waals surface area contributed by atoms with Crippen molar-refractivity contribution >= 4 is 44.5 Å². The molecular weight excluding hydrogens is 483 g/mol. The van der Waals surface area contributed by atoms with Gasteiger partial charge in [0.2, 0.25) is 15.9 Å². The van der Waals surface area contributed by atoms with Crippen molar-refractivity contribution < 1.29 is 35.5 Å². The molecular formula is C20H18F3N3O5S2. The van der Waals surface area contributed by atoms with Gasteiger partial charge in [0.1, 0.15) is 5.52 Å². The van der Waals surface area contributed by atoms with Crippen LogP contribution in [0.15, 0.2) is 57.0 Å². The first-order chi connectivity index (χ1) is 15.6. The molecule has 1 N–H and O–H groups in total. The van der Waals surface area contributed by atoms with Gasteiger partial charge < -0.3 is 14.5 Å². The van der Waals surface area contributed by atoms with Crippen molar-refractivity contribution in [2.75, 3.05) is 37.4 Å². The first-order valence-electron chi connectivity index (χ1n) is 9.71. The number of fused-ring (bicyclic) bond motifs is 1. The highest BCUT2D eigenvalue weighted by molar-refractivity contribution is 7.99. The molecule has 33 heavy (non-hydrogen) atoms. The number of hydrogen-bond donors (Lipinski definition) is 1. The SMILES string of the molecule is O=C(CSc1nc2cc(S(=O)(=O)N3CCOCC3)ccc2o1)Nc1cccc(C(F)(F)F)c1. The van der Waals surface area contributed by atoms with Gasteiger partial charge in [0.05, 0.1) is 29.4 Å². The number of nitrogens with one attached hydrogen (secondary N) is 1. The van der Waals surface area contributed by atoms with Crippen LogP contribution < -0.4 is 5.32 Å². The minimum absolute atomic E-state index is 0.0194. The quantitative estimate of drug-likeness (QED) is 0.515. The van der Waals surface area contributed by atoms with Gasteiger partial charge in [-0.05, 0) is 36.4 Å². The van der Waals surface area contributed by atoms with E-state index < -0.39 is 27.7 Å². The first kappa shape index (κ1) is 23.5. The number of alkyl halides is 3. The van der Waals surface area contributed by atoms with Gasteiger partial charge in [-0.25, -0.2) is 13.4 Å². The lowest BCUT2D eigenvalue weighted by Crippen LogP contribution is -2.40. The fourth-order valence-corrected chi connectivity index (χ4v) is 5.21. The molecule has 0 spiro atoms. The fourth-order valence-electron chi connectivity index (χ4n) is 3.14. The van der Waals surface area contributed by atoms with E-state index in [1.54, 1.807) is 0 Å². The molecule has 1 aliphatic rings.